The van der Waals surface area contributed by atoms with Gasteiger partial charge in [-0.1, -0.05) is 18.5 Å². The van der Waals surface area contributed by atoms with E-state index in [1.54, 1.807) is 10.9 Å². The smallest absolute Gasteiger partial charge is 0.123 e. The molecular formula is C13H22ClN3O2. The topological polar surface area (TPSA) is 50.5 Å². The Morgan fingerprint density at radius 1 is 1.63 bits per heavy atom. The maximum atomic E-state index is 10.5. The van der Waals surface area contributed by atoms with E-state index in [-0.39, 0.29) is 6.10 Å². The van der Waals surface area contributed by atoms with Crippen LogP contribution in [0, 0.1) is 5.92 Å². The Hall–Kier alpha value is -0.620. The van der Waals surface area contributed by atoms with Crippen molar-refractivity contribution < 1.29 is 9.84 Å². The molecule has 0 spiro atoms. The zero-order chi connectivity index (χ0) is 14.0. The molecule has 19 heavy (non-hydrogen) atoms. The Kier molecular flexibility index (Phi) is 4.84. The summed E-state index contributed by atoms with van der Waals surface area (Å²) in [4.78, 5) is 2.07. The minimum absolute atomic E-state index is 0.188. The number of aliphatic hydroxyl groups excluding tert-OH is 1. The van der Waals surface area contributed by atoms with Crippen molar-refractivity contribution in [2.24, 2.45) is 5.92 Å². The molecule has 1 saturated heterocycles. The molecule has 0 radical (unpaired) electrons. The number of likely N-dealkylation sites (N-methyl/N-ethyl adjacent to an activating group) is 1. The van der Waals surface area contributed by atoms with E-state index >= 15 is 0 Å². The molecule has 3 unspecified atom stereocenters. The molecule has 1 aromatic rings. The largest absolute Gasteiger partial charge is 0.384 e. The second-order valence-electron chi connectivity index (χ2n) is 5.45. The van der Waals surface area contributed by atoms with Crippen LogP contribution in [0.2, 0.25) is 5.02 Å². The first-order valence-electron chi connectivity index (χ1n) is 6.66. The van der Waals surface area contributed by atoms with Crippen LogP contribution in [0.4, 0.5) is 0 Å². The Morgan fingerprint density at radius 3 is 2.95 bits per heavy atom. The number of aliphatic hydroxyl groups is 1. The van der Waals surface area contributed by atoms with Gasteiger partial charge in [-0.25, -0.2) is 0 Å². The van der Waals surface area contributed by atoms with Gasteiger partial charge in [-0.2, -0.15) is 5.10 Å². The van der Waals surface area contributed by atoms with Crippen LogP contribution in [0.1, 0.15) is 25.1 Å². The van der Waals surface area contributed by atoms with Crippen LogP contribution in [0.25, 0.3) is 0 Å². The van der Waals surface area contributed by atoms with E-state index < -0.39 is 6.10 Å². The molecule has 1 N–H and O–H groups in total. The summed E-state index contributed by atoms with van der Waals surface area (Å²) in [5.74, 6) is 0.336. The lowest BCUT2D eigenvalue weighted by Crippen LogP contribution is -2.27. The maximum Gasteiger partial charge on any atom is 0.123 e. The van der Waals surface area contributed by atoms with Crippen LogP contribution in [0.5, 0.6) is 0 Å². The number of aromatic nitrogens is 2. The van der Waals surface area contributed by atoms with Gasteiger partial charge >= 0.3 is 0 Å². The molecular weight excluding hydrogens is 266 g/mol. The Labute approximate surface area is 119 Å². The van der Waals surface area contributed by atoms with Crippen molar-refractivity contribution in [3.05, 3.63) is 16.9 Å². The second-order valence-corrected chi connectivity index (χ2v) is 5.86. The van der Waals surface area contributed by atoms with Crippen molar-refractivity contribution in [2.45, 2.75) is 32.1 Å². The van der Waals surface area contributed by atoms with Gasteiger partial charge in [0.2, 0.25) is 0 Å². The van der Waals surface area contributed by atoms with E-state index in [4.69, 9.17) is 16.3 Å². The van der Waals surface area contributed by atoms with Gasteiger partial charge in [0.1, 0.15) is 6.10 Å². The van der Waals surface area contributed by atoms with E-state index in [9.17, 15) is 5.11 Å². The van der Waals surface area contributed by atoms with Gasteiger partial charge in [-0.05, 0) is 26.4 Å². The van der Waals surface area contributed by atoms with E-state index in [1.807, 2.05) is 14.1 Å². The third-order valence-electron chi connectivity index (χ3n) is 3.63. The number of ether oxygens (including phenoxy) is 1. The van der Waals surface area contributed by atoms with Gasteiger partial charge in [-0.3, -0.25) is 4.68 Å². The molecule has 0 bridgehead atoms. The van der Waals surface area contributed by atoms with Crippen LogP contribution >= 0.6 is 11.6 Å². The lowest BCUT2D eigenvalue weighted by molar-refractivity contribution is -0.0220. The lowest BCUT2D eigenvalue weighted by atomic mass is 9.97. The average Bonchev–Trinajstić information content (AvgIpc) is 2.92. The van der Waals surface area contributed by atoms with Crippen LogP contribution in [0.15, 0.2) is 6.20 Å². The number of halogens is 1. The standard InChI is InChI=1S/C13H22ClN3O2/c1-9-4-7-19-13(9)12(18)11-10(14)8-15-17(11)6-5-16(2)3/h8-9,12-13,18H,4-7H2,1-3H3. The molecule has 2 rings (SSSR count). The normalized spacial score (nSPS) is 25.2. The molecule has 1 aliphatic heterocycles. The van der Waals surface area contributed by atoms with Crippen LogP contribution in [-0.4, -0.2) is 53.1 Å². The monoisotopic (exact) mass is 287 g/mol. The van der Waals surface area contributed by atoms with Gasteiger partial charge in [0.05, 0.1) is 29.6 Å². The minimum atomic E-state index is -0.713. The highest BCUT2D eigenvalue weighted by atomic mass is 35.5. The third kappa shape index (κ3) is 3.28. The molecule has 0 amide bonds. The molecule has 0 saturated carbocycles. The molecule has 6 heteroatoms. The third-order valence-corrected chi connectivity index (χ3v) is 3.92. The zero-order valence-corrected chi connectivity index (χ0v) is 12.5. The maximum absolute atomic E-state index is 10.5. The van der Waals surface area contributed by atoms with E-state index in [0.29, 0.717) is 29.8 Å². The number of rotatable bonds is 5. The highest BCUT2D eigenvalue weighted by Gasteiger charge is 2.34. The predicted octanol–water partition coefficient (Wildman–Crippen LogP) is 1.56. The van der Waals surface area contributed by atoms with Crippen molar-refractivity contribution >= 4 is 11.6 Å². The minimum Gasteiger partial charge on any atom is -0.384 e. The van der Waals surface area contributed by atoms with Crippen molar-refractivity contribution in [3.8, 4) is 0 Å². The summed E-state index contributed by atoms with van der Waals surface area (Å²) >= 11 is 6.17. The van der Waals surface area contributed by atoms with E-state index in [0.717, 1.165) is 13.0 Å². The SMILES string of the molecule is CC1CCOC1C(O)c1c(Cl)cnn1CCN(C)C. The summed E-state index contributed by atoms with van der Waals surface area (Å²) in [6.45, 7) is 4.34. The van der Waals surface area contributed by atoms with Gasteiger partial charge in [0.25, 0.3) is 0 Å². The van der Waals surface area contributed by atoms with Crippen LogP contribution in [0.3, 0.4) is 0 Å². The summed E-state index contributed by atoms with van der Waals surface area (Å²) in [5, 5.41) is 15.3. The molecule has 1 fully saturated rings. The fourth-order valence-electron chi connectivity index (χ4n) is 2.42. The quantitative estimate of drug-likeness (QED) is 0.893. The molecule has 2 heterocycles. The summed E-state index contributed by atoms with van der Waals surface area (Å²) in [7, 11) is 4.01. The number of nitrogens with zero attached hydrogens (tertiary/aromatic N) is 3. The average molecular weight is 288 g/mol. The van der Waals surface area contributed by atoms with E-state index in [2.05, 4.69) is 16.9 Å². The Balaban J connectivity index is 2.15. The first kappa shape index (κ1) is 14.8. The fraction of sp³-hybridized carbons (Fsp3) is 0.769. The fourth-order valence-corrected chi connectivity index (χ4v) is 2.67. The van der Waals surface area contributed by atoms with Gasteiger partial charge < -0.3 is 14.7 Å². The highest BCUT2D eigenvalue weighted by Crippen LogP contribution is 2.34. The second kappa shape index (κ2) is 6.22. The zero-order valence-electron chi connectivity index (χ0n) is 11.7. The number of hydrogen-bond donors (Lipinski definition) is 1. The molecule has 3 atom stereocenters. The Bertz CT molecular complexity index is 422. The van der Waals surface area contributed by atoms with Gasteiger partial charge in [0, 0.05) is 13.2 Å². The van der Waals surface area contributed by atoms with Crippen molar-refractivity contribution in [1.29, 1.82) is 0 Å². The predicted molar refractivity (Wildman–Crippen MR) is 74.3 cm³/mol. The van der Waals surface area contributed by atoms with Crippen molar-refractivity contribution in [2.75, 3.05) is 27.2 Å². The highest BCUT2D eigenvalue weighted by molar-refractivity contribution is 6.31. The summed E-state index contributed by atoms with van der Waals surface area (Å²) in [6.07, 6.45) is 1.67. The summed E-state index contributed by atoms with van der Waals surface area (Å²) in [5.41, 5.74) is 0.669. The molecule has 108 valence electrons. The molecule has 1 aromatic heterocycles. The molecule has 1 aliphatic rings. The van der Waals surface area contributed by atoms with Crippen molar-refractivity contribution in [1.82, 2.24) is 14.7 Å². The van der Waals surface area contributed by atoms with E-state index in [1.165, 1.54) is 0 Å². The molecule has 0 aromatic carbocycles. The summed E-state index contributed by atoms with van der Waals surface area (Å²) in [6, 6.07) is 0. The first-order valence-corrected chi connectivity index (χ1v) is 7.04. The first-order chi connectivity index (χ1) is 9.00. The molecule has 5 nitrogen and oxygen atoms in total. The van der Waals surface area contributed by atoms with Crippen LogP contribution in [-0.2, 0) is 11.3 Å². The molecule has 0 aliphatic carbocycles. The summed E-state index contributed by atoms with van der Waals surface area (Å²) < 4.78 is 7.41. The van der Waals surface area contributed by atoms with Gasteiger partial charge in [-0.15, -0.1) is 0 Å². The lowest BCUT2D eigenvalue weighted by Gasteiger charge is -2.23. The van der Waals surface area contributed by atoms with Gasteiger partial charge in [0.15, 0.2) is 0 Å². The van der Waals surface area contributed by atoms with Crippen molar-refractivity contribution in [3.63, 3.8) is 0 Å². The Morgan fingerprint density at radius 2 is 2.37 bits per heavy atom. The van der Waals surface area contributed by atoms with Crippen LogP contribution < -0.4 is 0 Å². The number of hydrogen-bond acceptors (Lipinski definition) is 4.